The Balaban J connectivity index is 1.62. The molecule has 1 aliphatic carbocycles. The molecule has 0 bridgehead atoms. The van der Waals surface area contributed by atoms with E-state index in [2.05, 4.69) is 10.6 Å². The zero-order valence-corrected chi connectivity index (χ0v) is 13.5. The summed E-state index contributed by atoms with van der Waals surface area (Å²) in [4.78, 5) is 23.5. The van der Waals surface area contributed by atoms with E-state index in [0.29, 0.717) is 5.75 Å². The Morgan fingerprint density at radius 1 is 1.04 bits per heavy atom. The number of hydrogen-bond donors (Lipinski definition) is 2. The van der Waals surface area contributed by atoms with Crippen LogP contribution in [-0.4, -0.2) is 38.1 Å². The standard InChI is InChI=1S/C17H24N2O4/c1-22-14-7-9-15(10-8-14)23-12-17(21)18-11-16(20)19-13-5-3-2-4-6-13/h7-10,13H,2-6,11-12H2,1H3,(H,18,21)(H,19,20). The monoisotopic (exact) mass is 320 g/mol. The van der Waals surface area contributed by atoms with Crippen molar-refractivity contribution >= 4 is 11.8 Å². The van der Waals surface area contributed by atoms with Gasteiger partial charge in [0.25, 0.3) is 5.91 Å². The van der Waals surface area contributed by atoms with Crippen LogP contribution in [0.5, 0.6) is 11.5 Å². The molecule has 0 spiro atoms. The summed E-state index contributed by atoms with van der Waals surface area (Å²) in [6.45, 7) is -0.135. The van der Waals surface area contributed by atoms with Crippen LogP contribution in [-0.2, 0) is 9.59 Å². The smallest absolute Gasteiger partial charge is 0.258 e. The van der Waals surface area contributed by atoms with E-state index in [1.54, 1.807) is 31.4 Å². The van der Waals surface area contributed by atoms with Crippen molar-refractivity contribution < 1.29 is 19.1 Å². The molecule has 2 N–H and O–H groups in total. The van der Waals surface area contributed by atoms with Crippen molar-refractivity contribution in [2.45, 2.75) is 38.1 Å². The van der Waals surface area contributed by atoms with Gasteiger partial charge in [-0.1, -0.05) is 19.3 Å². The molecule has 126 valence electrons. The Morgan fingerprint density at radius 3 is 2.35 bits per heavy atom. The van der Waals surface area contributed by atoms with Gasteiger partial charge in [0.2, 0.25) is 5.91 Å². The van der Waals surface area contributed by atoms with Gasteiger partial charge in [0.15, 0.2) is 6.61 Å². The SMILES string of the molecule is COc1ccc(OCC(=O)NCC(=O)NC2CCCCC2)cc1. The van der Waals surface area contributed by atoms with Gasteiger partial charge in [-0.3, -0.25) is 9.59 Å². The molecule has 2 amide bonds. The van der Waals surface area contributed by atoms with E-state index in [4.69, 9.17) is 9.47 Å². The average molecular weight is 320 g/mol. The lowest BCUT2D eigenvalue weighted by Gasteiger charge is -2.22. The van der Waals surface area contributed by atoms with Gasteiger partial charge in [-0.05, 0) is 37.1 Å². The van der Waals surface area contributed by atoms with Crippen LogP contribution in [0, 0.1) is 0 Å². The van der Waals surface area contributed by atoms with Crippen LogP contribution in [0.1, 0.15) is 32.1 Å². The van der Waals surface area contributed by atoms with Crippen molar-refractivity contribution in [3.05, 3.63) is 24.3 Å². The number of ether oxygens (including phenoxy) is 2. The largest absolute Gasteiger partial charge is 0.497 e. The minimum Gasteiger partial charge on any atom is -0.497 e. The van der Waals surface area contributed by atoms with Gasteiger partial charge in [0.05, 0.1) is 13.7 Å². The highest BCUT2D eigenvalue weighted by molar-refractivity contribution is 5.85. The number of hydrogen-bond acceptors (Lipinski definition) is 4. The minimum absolute atomic E-state index is 0.0126. The number of nitrogens with one attached hydrogen (secondary N) is 2. The van der Waals surface area contributed by atoms with E-state index in [1.807, 2.05) is 0 Å². The molecule has 0 aromatic heterocycles. The molecule has 1 aromatic rings. The normalized spacial score (nSPS) is 14.8. The molecule has 0 radical (unpaired) electrons. The van der Waals surface area contributed by atoms with E-state index >= 15 is 0 Å². The zero-order chi connectivity index (χ0) is 16.5. The van der Waals surface area contributed by atoms with Crippen molar-refractivity contribution in [2.75, 3.05) is 20.3 Å². The van der Waals surface area contributed by atoms with Crippen LogP contribution in [0.3, 0.4) is 0 Å². The quantitative estimate of drug-likeness (QED) is 0.801. The predicted molar refractivity (Wildman–Crippen MR) is 86.5 cm³/mol. The molecule has 0 atom stereocenters. The number of carbonyl (C=O) groups excluding carboxylic acids is 2. The number of carbonyl (C=O) groups is 2. The van der Waals surface area contributed by atoms with Crippen molar-refractivity contribution in [3.63, 3.8) is 0 Å². The summed E-state index contributed by atoms with van der Waals surface area (Å²) >= 11 is 0. The first-order chi connectivity index (χ1) is 11.2. The van der Waals surface area contributed by atoms with Gasteiger partial charge in [0, 0.05) is 6.04 Å². The molecule has 0 aliphatic heterocycles. The molecular formula is C17H24N2O4. The lowest BCUT2D eigenvalue weighted by atomic mass is 9.95. The molecule has 23 heavy (non-hydrogen) atoms. The fraction of sp³-hybridized carbons (Fsp3) is 0.529. The molecule has 1 aliphatic rings. The number of rotatable bonds is 7. The molecule has 1 aromatic carbocycles. The summed E-state index contributed by atoms with van der Waals surface area (Å²) in [6.07, 6.45) is 5.62. The van der Waals surface area contributed by atoms with Crippen molar-refractivity contribution in [1.29, 1.82) is 0 Å². The third-order valence-corrected chi connectivity index (χ3v) is 3.85. The summed E-state index contributed by atoms with van der Waals surface area (Å²) in [5, 5.41) is 5.52. The Bertz CT molecular complexity index is 510. The molecule has 0 heterocycles. The molecule has 1 fully saturated rings. The fourth-order valence-electron chi connectivity index (χ4n) is 2.58. The molecular weight excluding hydrogens is 296 g/mol. The Kier molecular flexibility index (Phi) is 6.72. The van der Waals surface area contributed by atoms with E-state index < -0.39 is 0 Å². The third kappa shape index (κ3) is 6.18. The highest BCUT2D eigenvalue weighted by atomic mass is 16.5. The first-order valence-electron chi connectivity index (χ1n) is 8.00. The predicted octanol–water partition coefficient (Wildman–Crippen LogP) is 1.64. The maximum absolute atomic E-state index is 11.8. The minimum atomic E-state index is -0.320. The molecule has 6 nitrogen and oxygen atoms in total. The number of amides is 2. The second-order valence-electron chi connectivity index (χ2n) is 5.64. The summed E-state index contributed by atoms with van der Waals surface area (Å²) in [5.74, 6) is 0.836. The lowest BCUT2D eigenvalue weighted by Crippen LogP contribution is -2.43. The van der Waals surface area contributed by atoms with Crippen molar-refractivity contribution in [3.8, 4) is 11.5 Å². The number of benzene rings is 1. The van der Waals surface area contributed by atoms with E-state index in [1.165, 1.54) is 6.42 Å². The van der Waals surface area contributed by atoms with Crippen molar-refractivity contribution in [2.24, 2.45) is 0 Å². The van der Waals surface area contributed by atoms with Gasteiger partial charge in [-0.15, -0.1) is 0 Å². The van der Waals surface area contributed by atoms with E-state index in [9.17, 15) is 9.59 Å². The van der Waals surface area contributed by atoms with Gasteiger partial charge >= 0.3 is 0 Å². The molecule has 0 saturated heterocycles. The summed E-state index contributed by atoms with van der Waals surface area (Å²) < 4.78 is 10.4. The summed E-state index contributed by atoms with van der Waals surface area (Å²) in [6, 6.07) is 7.21. The summed E-state index contributed by atoms with van der Waals surface area (Å²) in [5.41, 5.74) is 0. The Labute approximate surface area is 136 Å². The Morgan fingerprint density at radius 2 is 1.70 bits per heavy atom. The van der Waals surface area contributed by atoms with Crippen LogP contribution in [0.15, 0.2) is 24.3 Å². The second kappa shape index (κ2) is 9.02. The average Bonchev–Trinajstić information content (AvgIpc) is 2.59. The molecule has 2 rings (SSSR count). The van der Waals surface area contributed by atoms with Gasteiger partial charge in [-0.25, -0.2) is 0 Å². The Hall–Kier alpha value is -2.24. The molecule has 6 heteroatoms. The number of methoxy groups -OCH3 is 1. The van der Waals surface area contributed by atoms with Crippen LogP contribution in [0.2, 0.25) is 0 Å². The maximum atomic E-state index is 11.8. The maximum Gasteiger partial charge on any atom is 0.258 e. The first kappa shape index (κ1) is 17.1. The van der Waals surface area contributed by atoms with Crippen molar-refractivity contribution in [1.82, 2.24) is 10.6 Å². The topological polar surface area (TPSA) is 76.7 Å². The first-order valence-corrected chi connectivity index (χ1v) is 8.00. The van der Waals surface area contributed by atoms with E-state index in [0.717, 1.165) is 31.4 Å². The fourth-order valence-corrected chi connectivity index (χ4v) is 2.58. The molecule has 0 unspecified atom stereocenters. The van der Waals surface area contributed by atoms with Gasteiger partial charge in [0.1, 0.15) is 11.5 Å². The van der Waals surface area contributed by atoms with Crippen LogP contribution < -0.4 is 20.1 Å². The summed E-state index contributed by atoms with van der Waals surface area (Å²) in [7, 11) is 1.58. The highest BCUT2D eigenvalue weighted by Crippen LogP contribution is 2.17. The third-order valence-electron chi connectivity index (χ3n) is 3.85. The van der Waals surface area contributed by atoms with Crippen LogP contribution >= 0.6 is 0 Å². The van der Waals surface area contributed by atoms with Crippen LogP contribution in [0.25, 0.3) is 0 Å². The van der Waals surface area contributed by atoms with E-state index in [-0.39, 0.29) is 31.0 Å². The lowest BCUT2D eigenvalue weighted by molar-refractivity contribution is -0.127. The zero-order valence-electron chi connectivity index (χ0n) is 13.5. The molecule has 1 saturated carbocycles. The van der Waals surface area contributed by atoms with Crippen LogP contribution in [0.4, 0.5) is 0 Å². The highest BCUT2D eigenvalue weighted by Gasteiger charge is 2.15. The second-order valence-corrected chi connectivity index (χ2v) is 5.64. The van der Waals surface area contributed by atoms with Gasteiger partial charge in [-0.2, -0.15) is 0 Å². The van der Waals surface area contributed by atoms with Gasteiger partial charge < -0.3 is 20.1 Å².